The number of unbranched alkanes of at least 4 members (excludes halogenated alkanes) is 2. The van der Waals surface area contributed by atoms with Gasteiger partial charge in [-0.2, -0.15) is 0 Å². The second-order valence-electron chi connectivity index (χ2n) is 4.21. The Labute approximate surface area is 137 Å². The minimum absolute atomic E-state index is 0.208. The third-order valence-electron chi connectivity index (χ3n) is 2.51. The van der Waals surface area contributed by atoms with Gasteiger partial charge < -0.3 is 14.6 Å². The van der Waals surface area contributed by atoms with Crippen LogP contribution in [0.2, 0.25) is 0 Å². The van der Waals surface area contributed by atoms with Crippen molar-refractivity contribution in [3.8, 4) is 11.8 Å². The van der Waals surface area contributed by atoms with Gasteiger partial charge in [0.05, 0.1) is 0 Å². The molecule has 0 aromatic carbocycles. The average Bonchev–Trinajstić information content (AvgIpc) is 3.16. The van der Waals surface area contributed by atoms with Crippen molar-refractivity contribution < 1.29 is 24.2 Å². The molecule has 0 radical (unpaired) electrons. The van der Waals surface area contributed by atoms with Gasteiger partial charge in [-0.3, -0.25) is 0 Å². The fourth-order valence-electron chi connectivity index (χ4n) is 1.46. The van der Waals surface area contributed by atoms with Crippen LogP contribution in [0.1, 0.15) is 25.7 Å². The maximum atomic E-state index is 10.2. The van der Waals surface area contributed by atoms with E-state index in [9.17, 15) is 9.59 Å². The number of hydrogen-bond donors (Lipinski definition) is 1. The van der Waals surface area contributed by atoms with Gasteiger partial charge in [0.2, 0.25) is 5.76 Å². The molecule has 0 amide bonds. The lowest BCUT2D eigenvalue weighted by Crippen LogP contribution is -1.99. The molecular formula is C16H15BrO5. The third-order valence-corrected chi connectivity index (χ3v) is 3.00. The minimum Gasteiger partial charge on any atom is -0.463 e. The molecule has 1 atom stereocenters. The number of carbonyl (C=O) groups excluding carboxylic acids is 2. The molecule has 0 bridgehead atoms. The van der Waals surface area contributed by atoms with Gasteiger partial charge in [-0.05, 0) is 47.0 Å². The number of aliphatic hydroxyl groups is 1. The summed E-state index contributed by atoms with van der Waals surface area (Å²) < 4.78 is 10.5. The van der Waals surface area contributed by atoms with Crippen LogP contribution in [0, 0.1) is 11.8 Å². The first-order valence-electron chi connectivity index (χ1n) is 6.66. The van der Waals surface area contributed by atoms with Crippen LogP contribution in [0.15, 0.2) is 34.4 Å². The molecule has 2 rings (SSSR count). The molecule has 0 aliphatic carbocycles. The highest BCUT2D eigenvalue weighted by Gasteiger charge is 2.10. The van der Waals surface area contributed by atoms with Gasteiger partial charge in [0, 0.05) is 19.4 Å². The molecule has 0 spiro atoms. The van der Waals surface area contributed by atoms with Crippen LogP contribution in [0.4, 0.5) is 0 Å². The number of ether oxygens (including phenoxy) is 2. The van der Waals surface area contributed by atoms with E-state index in [-0.39, 0.29) is 18.5 Å². The Morgan fingerprint density at radius 3 is 2.64 bits per heavy atom. The quantitative estimate of drug-likeness (QED) is 0.470. The molecular weight excluding hydrogens is 352 g/mol. The largest absolute Gasteiger partial charge is 0.463 e. The minimum atomic E-state index is -0.305. The second kappa shape index (κ2) is 10.7. The normalized spacial score (nSPS) is 17.9. The number of aliphatic hydroxyl groups excluding tert-OH is 1. The molecule has 2 aliphatic heterocycles. The molecule has 2 heterocycles. The highest BCUT2D eigenvalue weighted by atomic mass is 79.9. The Bertz CT molecular complexity index is 596. The first-order valence-corrected chi connectivity index (χ1v) is 7.45. The molecule has 5 nitrogen and oxygen atoms in total. The summed E-state index contributed by atoms with van der Waals surface area (Å²) in [6.45, 7) is 0.208. The first-order chi connectivity index (χ1) is 10.7. The van der Waals surface area contributed by atoms with Crippen LogP contribution < -0.4 is 0 Å². The standard InChI is InChI=1S/C11H12O3.C5H3BrO2/c12-8-4-2-1-3-5-10-6-7-11(9-13)14-10;6-5-2-1-4(3-7)8-5/h6-7,10,12H,1-2,4,8H2;2H,1H2. The predicted molar refractivity (Wildman–Crippen MR) is 83.9 cm³/mol. The zero-order valence-electron chi connectivity index (χ0n) is 11.8. The lowest BCUT2D eigenvalue weighted by Gasteiger charge is -1.98. The molecule has 0 saturated heterocycles. The maximum Gasteiger partial charge on any atom is 0.205 e. The van der Waals surface area contributed by atoms with E-state index in [0.29, 0.717) is 16.8 Å². The van der Waals surface area contributed by atoms with Crippen molar-refractivity contribution in [1.82, 2.24) is 0 Å². The van der Waals surface area contributed by atoms with E-state index in [0.717, 1.165) is 19.3 Å². The molecule has 0 saturated carbocycles. The van der Waals surface area contributed by atoms with Crippen LogP contribution in [-0.4, -0.2) is 29.7 Å². The topological polar surface area (TPSA) is 72.8 Å². The average molecular weight is 367 g/mol. The van der Waals surface area contributed by atoms with Crippen molar-refractivity contribution in [2.24, 2.45) is 0 Å². The summed E-state index contributed by atoms with van der Waals surface area (Å²) in [6, 6.07) is 0. The molecule has 2 aliphatic rings. The van der Waals surface area contributed by atoms with Gasteiger partial charge in [0.25, 0.3) is 0 Å². The van der Waals surface area contributed by atoms with Crippen LogP contribution in [0.5, 0.6) is 0 Å². The summed E-state index contributed by atoms with van der Waals surface area (Å²) in [6.07, 6.45) is 7.71. The van der Waals surface area contributed by atoms with Crippen molar-refractivity contribution in [3.63, 3.8) is 0 Å². The van der Waals surface area contributed by atoms with Gasteiger partial charge in [0.1, 0.15) is 0 Å². The Hall–Kier alpha value is -2.02. The summed E-state index contributed by atoms with van der Waals surface area (Å²) in [7, 11) is 0. The highest BCUT2D eigenvalue weighted by molar-refractivity contribution is 9.11. The highest BCUT2D eigenvalue weighted by Crippen LogP contribution is 2.21. The van der Waals surface area contributed by atoms with E-state index in [1.54, 1.807) is 30.1 Å². The molecule has 1 unspecified atom stereocenters. The Kier molecular flexibility index (Phi) is 8.74. The SMILES string of the molecule is O=C=C1C=CC(C#CCCCCO)O1.O=C=C1CC=C(Br)O1. The van der Waals surface area contributed by atoms with Gasteiger partial charge in [0.15, 0.2) is 28.4 Å². The number of hydrogen-bond acceptors (Lipinski definition) is 5. The van der Waals surface area contributed by atoms with E-state index in [4.69, 9.17) is 14.6 Å². The van der Waals surface area contributed by atoms with Crippen LogP contribution in [-0.2, 0) is 19.1 Å². The molecule has 0 aromatic rings. The van der Waals surface area contributed by atoms with Crippen molar-refractivity contribution in [3.05, 3.63) is 34.4 Å². The third kappa shape index (κ3) is 7.12. The summed E-state index contributed by atoms with van der Waals surface area (Å²) in [5.74, 6) is 9.66. The fourth-order valence-corrected chi connectivity index (χ4v) is 1.82. The Morgan fingerprint density at radius 1 is 1.32 bits per heavy atom. The lowest BCUT2D eigenvalue weighted by molar-refractivity contribution is 0.230. The summed E-state index contributed by atoms with van der Waals surface area (Å²) in [5, 5.41) is 8.51. The monoisotopic (exact) mass is 366 g/mol. The molecule has 0 aromatic heterocycles. The first kappa shape index (κ1) is 18.0. The second-order valence-corrected chi connectivity index (χ2v) is 4.99. The molecule has 22 heavy (non-hydrogen) atoms. The number of halogens is 1. The zero-order chi connectivity index (χ0) is 16.2. The smallest absolute Gasteiger partial charge is 0.205 e. The predicted octanol–water partition coefficient (Wildman–Crippen LogP) is 2.18. The van der Waals surface area contributed by atoms with E-state index in [2.05, 4.69) is 27.8 Å². The molecule has 1 N–H and O–H groups in total. The van der Waals surface area contributed by atoms with Gasteiger partial charge in [-0.1, -0.05) is 11.8 Å². The Balaban J connectivity index is 0.000000255. The summed E-state index contributed by atoms with van der Waals surface area (Å²) >= 11 is 3.06. The number of allylic oxidation sites excluding steroid dienone is 2. The summed E-state index contributed by atoms with van der Waals surface area (Å²) in [4.78, 5) is 20.0. The summed E-state index contributed by atoms with van der Waals surface area (Å²) in [5.41, 5.74) is 0. The molecule has 116 valence electrons. The van der Waals surface area contributed by atoms with E-state index in [1.807, 2.05) is 0 Å². The van der Waals surface area contributed by atoms with Crippen molar-refractivity contribution in [2.75, 3.05) is 6.61 Å². The van der Waals surface area contributed by atoms with Crippen LogP contribution in [0.25, 0.3) is 0 Å². The Morgan fingerprint density at radius 2 is 2.14 bits per heavy atom. The van der Waals surface area contributed by atoms with Crippen LogP contribution in [0.3, 0.4) is 0 Å². The van der Waals surface area contributed by atoms with Crippen LogP contribution >= 0.6 is 15.9 Å². The van der Waals surface area contributed by atoms with Gasteiger partial charge in [-0.15, -0.1) is 0 Å². The fraction of sp³-hybridized carbons (Fsp3) is 0.375. The molecule has 6 heteroatoms. The lowest BCUT2D eigenvalue weighted by atomic mass is 10.2. The van der Waals surface area contributed by atoms with Gasteiger partial charge >= 0.3 is 0 Å². The van der Waals surface area contributed by atoms with E-state index >= 15 is 0 Å². The zero-order valence-corrected chi connectivity index (χ0v) is 13.4. The van der Waals surface area contributed by atoms with Crippen molar-refractivity contribution in [2.45, 2.75) is 31.8 Å². The maximum absolute atomic E-state index is 10.2. The van der Waals surface area contributed by atoms with Gasteiger partial charge in [-0.25, -0.2) is 9.59 Å². The number of rotatable bonds is 3. The molecule has 0 fully saturated rings. The van der Waals surface area contributed by atoms with Crippen molar-refractivity contribution in [1.29, 1.82) is 0 Å². The van der Waals surface area contributed by atoms with Crippen molar-refractivity contribution >= 4 is 27.8 Å². The van der Waals surface area contributed by atoms with E-state index < -0.39 is 0 Å². The van der Waals surface area contributed by atoms with E-state index in [1.165, 1.54) is 0 Å².